The molecule has 0 unspecified atom stereocenters. The quantitative estimate of drug-likeness (QED) is 0.601. The first-order chi connectivity index (χ1) is 12.7. The average molecular weight is 447 g/mol. The Morgan fingerprint density at radius 2 is 1.50 bits per heavy atom. The summed E-state index contributed by atoms with van der Waals surface area (Å²) in [6, 6.07) is 18.3. The Morgan fingerprint density at radius 3 is 2.04 bits per heavy atom. The monoisotopic (exact) mass is 446 g/mol. The summed E-state index contributed by atoms with van der Waals surface area (Å²) in [5, 5.41) is 0. The van der Waals surface area contributed by atoms with Gasteiger partial charge in [-0.2, -0.15) is 0 Å². The zero-order valence-electron chi connectivity index (χ0n) is 16.9. The van der Waals surface area contributed by atoms with Gasteiger partial charge in [-0.25, -0.2) is 0 Å². The number of benzene rings is 2. The molecule has 3 heteroatoms. The third kappa shape index (κ3) is 4.17. The molecule has 0 atom stereocenters. The molecule has 0 bridgehead atoms. The summed E-state index contributed by atoms with van der Waals surface area (Å²) >= 11 is -1.60. The van der Waals surface area contributed by atoms with E-state index in [1.165, 1.54) is 36.8 Å². The minimum Gasteiger partial charge on any atom is -1.00 e. The first kappa shape index (κ1) is 23.4. The van der Waals surface area contributed by atoms with Gasteiger partial charge in [0.15, 0.2) is 0 Å². The van der Waals surface area contributed by atoms with Gasteiger partial charge in [-0.1, -0.05) is 0 Å². The fourth-order valence-electron chi connectivity index (χ4n) is 4.67. The summed E-state index contributed by atoms with van der Waals surface area (Å²) in [5.74, 6) is 0. The van der Waals surface area contributed by atoms with E-state index >= 15 is 0 Å². The third-order valence-corrected chi connectivity index (χ3v) is 11.2. The zero-order chi connectivity index (χ0) is 18.1. The SMILES string of the molecule is CCCCC1=[C]([Ti+2](=[C](C)C)[CH]2c3ccccc3-c3ccccc32)CC=C1.[Cl-].[Cl-]. The summed E-state index contributed by atoms with van der Waals surface area (Å²) in [7, 11) is 0. The number of hydrogen-bond donors (Lipinski definition) is 0. The largest absolute Gasteiger partial charge is 1.00 e. The molecule has 4 rings (SSSR count). The van der Waals surface area contributed by atoms with Gasteiger partial charge in [0, 0.05) is 0 Å². The minimum absolute atomic E-state index is 0. The fraction of sp³-hybridized carbons (Fsp3) is 0.320. The zero-order valence-corrected chi connectivity index (χ0v) is 20.0. The molecule has 0 fully saturated rings. The molecule has 146 valence electrons. The van der Waals surface area contributed by atoms with Crippen LogP contribution in [0.3, 0.4) is 0 Å². The van der Waals surface area contributed by atoms with E-state index in [1.54, 1.807) is 20.5 Å². The van der Waals surface area contributed by atoms with Crippen molar-refractivity contribution < 1.29 is 42.2 Å². The second kappa shape index (κ2) is 10.2. The average Bonchev–Trinajstić information content (AvgIpc) is 3.24. The summed E-state index contributed by atoms with van der Waals surface area (Å²) in [5.41, 5.74) is 7.78. The van der Waals surface area contributed by atoms with Crippen LogP contribution in [-0.4, -0.2) is 3.81 Å². The van der Waals surface area contributed by atoms with E-state index in [4.69, 9.17) is 0 Å². The number of unbranched alkanes of at least 4 members (excludes halogenated alkanes) is 1. The van der Waals surface area contributed by atoms with Crippen LogP contribution in [0.25, 0.3) is 11.1 Å². The number of fused-ring (bicyclic) bond motifs is 3. The van der Waals surface area contributed by atoms with E-state index in [9.17, 15) is 0 Å². The van der Waals surface area contributed by atoms with E-state index in [0.717, 1.165) is 0 Å². The van der Waals surface area contributed by atoms with Crippen molar-refractivity contribution in [2.24, 2.45) is 0 Å². The maximum absolute atomic E-state index is 2.44. The first-order valence-electron chi connectivity index (χ1n) is 9.97. The smallest absolute Gasteiger partial charge is 1.00 e. The van der Waals surface area contributed by atoms with Crippen molar-refractivity contribution in [3.8, 4) is 11.1 Å². The molecule has 0 nitrogen and oxygen atoms in total. The van der Waals surface area contributed by atoms with Crippen LogP contribution in [-0.2, 0) is 17.4 Å². The molecular weight excluding hydrogens is 419 g/mol. The van der Waals surface area contributed by atoms with E-state index in [-0.39, 0.29) is 24.8 Å². The number of rotatable bonds is 5. The Balaban J connectivity index is 0.00000140. The molecule has 0 spiro atoms. The predicted molar refractivity (Wildman–Crippen MR) is 110 cm³/mol. The molecular formula is C25H28Cl2Ti. The maximum atomic E-state index is 2.44. The topological polar surface area (TPSA) is 0 Å². The Labute approximate surface area is 188 Å². The summed E-state index contributed by atoms with van der Waals surface area (Å²) in [6.07, 6.45) is 9.92. The normalized spacial score (nSPS) is 13.9. The minimum atomic E-state index is -1.60. The fourth-order valence-corrected chi connectivity index (χ4v) is 10.2. The van der Waals surface area contributed by atoms with Crippen LogP contribution in [0.1, 0.15) is 61.8 Å². The molecule has 0 aromatic heterocycles. The molecule has 2 aliphatic rings. The first-order valence-corrected chi connectivity index (χ1v) is 12.4. The van der Waals surface area contributed by atoms with Gasteiger partial charge in [-0.3, -0.25) is 0 Å². The van der Waals surface area contributed by atoms with Crippen LogP contribution in [0.2, 0.25) is 0 Å². The Hall–Kier alpha value is -0.916. The van der Waals surface area contributed by atoms with Crippen molar-refractivity contribution in [3.05, 3.63) is 81.3 Å². The molecule has 2 aromatic rings. The molecule has 0 saturated heterocycles. The van der Waals surface area contributed by atoms with Gasteiger partial charge < -0.3 is 24.8 Å². The van der Waals surface area contributed by atoms with Crippen LogP contribution in [0.15, 0.2) is 70.1 Å². The van der Waals surface area contributed by atoms with Crippen molar-refractivity contribution in [1.29, 1.82) is 0 Å². The third-order valence-electron chi connectivity index (χ3n) is 5.81. The van der Waals surface area contributed by atoms with Crippen LogP contribution >= 0.6 is 0 Å². The number of hydrogen-bond acceptors (Lipinski definition) is 0. The maximum Gasteiger partial charge on any atom is -1.00 e. The van der Waals surface area contributed by atoms with Crippen LogP contribution < -0.4 is 24.8 Å². The van der Waals surface area contributed by atoms with E-state index in [2.05, 4.69) is 81.5 Å². The van der Waals surface area contributed by atoms with Crippen LogP contribution in [0, 0.1) is 0 Å². The van der Waals surface area contributed by atoms with Gasteiger partial charge in [0.1, 0.15) is 0 Å². The van der Waals surface area contributed by atoms with Crippen molar-refractivity contribution in [3.63, 3.8) is 0 Å². The number of halogens is 2. The van der Waals surface area contributed by atoms with Crippen molar-refractivity contribution in [1.82, 2.24) is 0 Å². The molecule has 0 saturated carbocycles. The van der Waals surface area contributed by atoms with Crippen molar-refractivity contribution in [2.45, 2.75) is 50.7 Å². The van der Waals surface area contributed by atoms with Crippen molar-refractivity contribution in [2.75, 3.05) is 0 Å². The molecule has 0 aliphatic heterocycles. The summed E-state index contributed by atoms with van der Waals surface area (Å²) in [4.78, 5) is 0. The van der Waals surface area contributed by atoms with Gasteiger partial charge in [-0.05, 0) is 0 Å². The Morgan fingerprint density at radius 1 is 0.929 bits per heavy atom. The van der Waals surface area contributed by atoms with Gasteiger partial charge in [0.2, 0.25) is 0 Å². The van der Waals surface area contributed by atoms with Crippen molar-refractivity contribution >= 4 is 3.81 Å². The molecule has 0 amide bonds. The molecule has 2 aliphatic carbocycles. The second-order valence-corrected chi connectivity index (χ2v) is 12.4. The molecule has 0 N–H and O–H groups in total. The van der Waals surface area contributed by atoms with Gasteiger partial charge in [0.25, 0.3) is 0 Å². The standard InChI is InChI=1S/C13H9.C9H13.C3H6.2ClH.Ti/c1-3-7-12-10(5-1)9-11-6-2-4-8-13(11)12;1-2-3-6-9-7-4-5-8-9;1-3-2;;;/h1-9H;4,7H,2-3,5-6H2,1H3;1-2H3;2*1H;/q;;;;;+2/p-2. The van der Waals surface area contributed by atoms with E-state index in [1.807, 2.05) is 3.88 Å². The number of allylic oxidation sites excluding steroid dienone is 4. The van der Waals surface area contributed by atoms with Gasteiger partial charge >= 0.3 is 164 Å². The Bertz CT molecular complexity index is 888. The van der Waals surface area contributed by atoms with E-state index in [0.29, 0.717) is 4.22 Å². The molecule has 2 aromatic carbocycles. The van der Waals surface area contributed by atoms with Gasteiger partial charge in [0.05, 0.1) is 0 Å². The molecule has 0 heterocycles. The van der Waals surface area contributed by atoms with Crippen LogP contribution in [0.5, 0.6) is 0 Å². The van der Waals surface area contributed by atoms with Gasteiger partial charge in [-0.15, -0.1) is 0 Å². The Kier molecular flexibility index (Phi) is 8.52. The predicted octanol–water partition coefficient (Wildman–Crippen LogP) is 0.999. The second-order valence-electron chi connectivity index (χ2n) is 7.74. The van der Waals surface area contributed by atoms with Crippen LogP contribution in [0.4, 0.5) is 0 Å². The molecule has 28 heavy (non-hydrogen) atoms. The molecule has 0 radical (unpaired) electrons. The summed E-state index contributed by atoms with van der Waals surface area (Å²) in [6.45, 7) is 7.11. The van der Waals surface area contributed by atoms with E-state index < -0.39 is 17.4 Å². The summed E-state index contributed by atoms with van der Waals surface area (Å²) < 4.78 is 4.16.